The van der Waals surface area contributed by atoms with Gasteiger partial charge in [0.05, 0.1) is 11.1 Å². The highest BCUT2D eigenvalue weighted by molar-refractivity contribution is 7.25. The molecule has 0 spiro atoms. The third-order valence-corrected chi connectivity index (χ3v) is 13.0. The van der Waals surface area contributed by atoms with E-state index < -0.39 is 0 Å². The zero-order valence-corrected chi connectivity index (χ0v) is 31.1. The summed E-state index contributed by atoms with van der Waals surface area (Å²) in [5.41, 5.74) is 14.2. The van der Waals surface area contributed by atoms with Crippen LogP contribution in [-0.4, -0.2) is 0 Å². The van der Waals surface area contributed by atoms with E-state index in [2.05, 4.69) is 183 Å². The summed E-state index contributed by atoms with van der Waals surface area (Å²) >= 11 is 1.85. The second-order valence-electron chi connectivity index (χ2n) is 15.3. The van der Waals surface area contributed by atoms with Crippen LogP contribution in [0, 0.1) is 0 Å². The predicted octanol–water partition coefficient (Wildman–Crippen LogP) is 15.3. The Balaban J connectivity index is 1.12. The van der Waals surface area contributed by atoms with Crippen molar-refractivity contribution in [2.24, 2.45) is 0 Å². The number of hydrogen-bond donors (Lipinski definition) is 0. The summed E-state index contributed by atoms with van der Waals surface area (Å²) < 4.78 is 16.0. The fraction of sp³-hybridized carbons (Fsp3) is 0.0588. The van der Waals surface area contributed by atoms with Gasteiger partial charge in [-0.2, -0.15) is 0 Å². The molecule has 0 amide bonds. The number of thiophene rings is 1. The van der Waals surface area contributed by atoms with Gasteiger partial charge in [-0.1, -0.05) is 117 Å². The first-order valence-corrected chi connectivity index (χ1v) is 19.6. The molecule has 260 valence electrons. The Hall–Kier alpha value is -6.62. The number of hydrogen-bond acceptors (Lipinski definition) is 4. The van der Waals surface area contributed by atoms with Gasteiger partial charge in [0, 0.05) is 53.1 Å². The van der Waals surface area contributed by atoms with E-state index in [-0.39, 0.29) is 5.41 Å². The molecule has 3 nitrogen and oxygen atoms in total. The first-order valence-electron chi connectivity index (χ1n) is 18.8. The highest BCUT2D eigenvalue weighted by Gasteiger charge is 2.36. The van der Waals surface area contributed by atoms with E-state index in [0.717, 1.165) is 72.1 Å². The monoisotopic (exact) mass is 723 g/mol. The molecule has 0 radical (unpaired) electrons. The first-order chi connectivity index (χ1) is 27.0. The van der Waals surface area contributed by atoms with E-state index in [9.17, 15) is 0 Å². The van der Waals surface area contributed by atoms with Gasteiger partial charge in [0.2, 0.25) is 0 Å². The molecule has 1 aliphatic carbocycles. The van der Waals surface area contributed by atoms with Crippen LogP contribution in [0.3, 0.4) is 0 Å². The maximum atomic E-state index is 6.78. The van der Waals surface area contributed by atoms with E-state index >= 15 is 0 Å². The van der Waals surface area contributed by atoms with Gasteiger partial charge in [-0.05, 0) is 94.0 Å². The Kier molecular flexibility index (Phi) is 6.27. The summed E-state index contributed by atoms with van der Waals surface area (Å²) in [7, 11) is 0. The van der Waals surface area contributed by atoms with Crippen molar-refractivity contribution in [3.63, 3.8) is 0 Å². The fourth-order valence-corrected chi connectivity index (χ4v) is 10.4. The van der Waals surface area contributed by atoms with Crippen molar-refractivity contribution in [3.8, 4) is 22.3 Å². The molecule has 0 atom stereocenters. The molecule has 0 aliphatic heterocycles. The predicted molar refractivity (Wildman–Crippen MR) is 232 cm³/mol. The van der Waals surface area contributed by atoms with E-state index in [1.807, 2.05) is 11.3 Å². The van der Waals surface area contributed by atoms with Gasteiger partial charge in [-0.15, -0.1) is 11.3 Å². The summed E-state index contributed by atoms with van der Waals surface area (Å²) in [4.78, 5) is 2.43. The van der Waals surface area contributed by atoms with Crippen LogP contribution in [0.5, 0.6) is 0 Å². The Morgan fingerprint density at radius 2 is 1.07 bits per heavy atom. The van der Waals surface area contributed by atoms with Crippen molar-refractivity contribution in [1.82, 2.24) is 0 Å². The lowest BCUT2D eigenvalue weighted by atomic mass is 9.82. The third kappa shape index (κ3) is 4.37. The summed E-state index contributed by atoms with van der Waals surface area (Å²) in [6.45, 7) is 4.70. The summed E-state index contributed by atoms with van der Waals surface area (Å²) in [6.07, 6.45) is 0. The molecule has 0 saturated carbocycles. The summed E-state index contributed by atoms with van der Waals surface area (Å²) in [5, 5.41) is 6.82. The molecule has 8 aromatic carbocycles. The Morgan fingerprint density at radius 3 is 1.93 bits per heavy atom. The Labute approximate surface area is 321 Å². The molecular weight excluding hydrogens is 691 g/mol. The van der Waals surface area contributed by atoms with Crippen molar-refractivity contribution < 1.29 is 8.83 Å². The summed E-state index contributed by atoms with van der Waals surface area (Å²) in [5.74, 6) is 0. The lowest BCUT2D eigenvalue weighted by Crippen LogP contribution is -2.16. The Morgan fingerprint density at radius 1 is 0.436 bits per heavy atom. The van der Waals surface area contributed by atoms with Gasteiger partial charge < -0.3 is 13.7 Å². The van der Waals surface area contributed by atoms with Crippen molar-refractivity contribution in [1.29, 1.82) is 0 Å². The van der Waals surface area contributed by atoms with Crippen LogP contribution in [0.2, 0.25) is 0 Å². The minimum atomic E-state index is -0.136. The molecule has 1 aliphatic rings. The molecule has 0 fully saturated rings. The van der Waals surface area contributed by atoms with Crippen molar-refractivity contribution >= 4 is 92.4 Å². The fourth-order valence-electron chi connectivity index (χ4n) is 9.28. The van der Waals surface area contributed by atoms with Crippen LogP contribution < -0.4 is 4.90 Å². The molecule has 0 N–H and O–H groups in total. The number of anilines is 3. The van der Waals surface area contributed by atoms with Crippen LogP contribution >= 0.6 is 11.3 Å². The van der Waals surface area contributed by atoms with E-state index in [1.54, 1.807) is 0 Å². The van der Waals surface area contributed by atoms with Crippen LogP contribution in [0.1, 0.15) is 25.0 Å². The van der Waals surface area contributed by atoms with E-state index in [1.165, 1.54) is 42.4 Å². The smallest absolute Gasteiger partial charge is 0.137 e. The molecule has 0 unspecified atom stereocenters. The minimum Gasteiger partial charge on any atom is -0.456 e. The maximum absolute atomic E-state index is 6.78. The zero-order chi connectivity index (χ0) is 36.4. The van der Waals surface area contributed by atoms with Gasteiger partial charge in [0.1, 0.15) is 22.3 Å². The number of fused-ring (bicyclic) bond motifs is 12. The standard InChI is InChI=1S/C51H33NO2S/c1-51(2)40-17-8-6-14-34(40)35-24-22-31(26-41(35)51)52(32-23-25-37-36-15-7-9-21-47(36)55-48(37)27-32)42-18-11-20-44-50(42)39-29-45-38(28-46(39)54-44)49-33(16-10-19-43(49)53-45)30-12-4-3-5-13-30/h3-29H,1-2H3. The molecule has 0 saturated heterocycles. The molecule has 55 heavy (non-hydrogen) atoms. The minimum absolute atomic E-state index is 0.136. The second-order valence-corrected chi connectivity index (χ2v) is 16.3. The second kappa shape index (κ2) is 11.2. The van der Waals surface area contributed by atoms with Crippen LogP contribution in [-0.2, 0) is 5.41 Å². The zero-order valence-electron chi connectivity index (χ0n) is 30.3. The lowest BCUT2D eigenvalue weighted by Gasteiger charge is -2.28. The maximum Gasteiger partial charge on any atom is 0.137 e. The third-order valence-electron chi connectivity index (χ3n) is 11.9. The highest BCUT2D eigenvalue weighted by atomic mass is 32.1. The molecule has 3 aromatic heterocycles. The molecule has 0 bridgehead atoms. The summed E-state index contributed by atoms with van der Waals surface area (Å²) in [6, 6.07) is 59.1. The average Bonchev–Trinajstić information content (AvgIpc) is 3.95. The van der Waals surface area contributed by atoms with Crippen molar-refractivity contribution in [3.05, 3.63) is 175 Å². The normalized spacial score (nSPS) is 13.4. The molecular formula is C51H33NO2S. The molecule has 3 heterocycles. The van der Waals surface area contributed by atoms with Crippen LogP contribution in [0.25, 0.3) is 86.3 Å². The van der Waals surface area contributed by atoms with Crippen molar-refractivity contribution in [2.45, 2.75) is 19.3 Å². The van der Waals surface area contributed by atoms with Crippen LogP contribution in [0.15, 0.2) is 173 Å². The molecule has 11 aromatic rings. The first kappa shape index (κ1) is 30.8. The van der Waals surface area contributed by atoms with Gasteiger partial charge in [0.15, 0.2) is 0 Å². The number of rotatable bonds is 4. The van der Waals surface area contributed by atoms with Crippen LogP contribution in [0.4, 0.5) is 17.1 Å². The van der Waals surface area contributed by atoms with Crippen molar-refractivity contribution in [2.75, 3.05) is 4.90 Å². The van der Waals surface area contributed by atoms with Gasteiger partial charge in [-0.25, -0.2) is 0 Å². The van der Waals surface area contributed by atoms with Gasteiger partial charge in [-0.3, -0.25) is 0 Å². The van der Waals surface area contributed by atoms with Gasteiger partial charge >= 0.3 is 0 Å². The lowest BCUT2D eigenvalue weighted by molar-refractivity contribution is 0.660. The topological polar surface area (TPSA) is 29.5 Å². The number of benzene rings is 8. The van der Waals surface area contributed by atoms with Gasteiger partial charge in [0.25, 0.3) is 0 Å². The number of nitrogens with zero attached hydrogens (tertiary/aromatic N) is 1. The highest BCUT2D eigenvalue weighted by Crippen LogP contribution is 2.52. The average molecular weight is 724 g/mol. The largest absolute Gasteiger partial charge is 0.456 e. The number of furan rings is 2. The molecule has 4 heteroatoms. The SMILES string of the molecule is CC1(C)c2ccccc2-c2ccc(N(c3ccc4c(c3)sc3ccccc34)c3cccc4oc5cc6c(cc5c34)oc3cccc(-c4ccccc4)c36)cc21. The quantitative estimate of drug-likeness (QED) is 0.181. The van der Waals surface area contributed by atoms with E-state index in [0.29, 0.717) is 0 Å². The molecule has 12 rings (SSSR count). The van der Waals surface area contributed by atoms with E-state index in [4.69, 9.17) is 8.83 Å². The Bertz CT molecular complexity index is 3360.